The second-order valence-corrected chi connectivity index (χ2v) is 5.45. The molecule has 6 nitrogen and oxygen atoms in total. The molecule has 2 atom stereocenters. The van der Waals surface area contributed by atoms with Crippen molar-refractivity contribution in [3.05, 3.63) is 0 Å². The van der Waals surface area contributed by atoms with E-state index in [9.17, 15) is 9.59 Å². The molecule has 0 saturated carbocycles. The highest BCUT2D eigenvalue weighted by atomic mass is 16.5. The zero-order valence-corrected chi connectivity index (χ0v) is 11.4. The van der Waals surface area contributed by atoms with Crippen molar-refractivity contribution in [2.75, 3.05) is 26.2 Å². The summed E-state index contributed by atoms with van der Waals surface area (Å²) in [6, 6.07) is -0.235. The SMILES string of the molecule is C[C@H]1OCCN[C@@H]1C(=O)N1CCC(CC(N)=O)CC1. The van der Waals surface area contributed by atoms with Crippen LogP contribution in [0.4, 0.5) is 0 Å². The van der Waals surface area contributed by atoms with Crippen LogP contribution in [0.15, 0.2) is 0 Å². The quantitative estimate of drug-likeness (QED) is 0.722. The molecule has 3 N–H and O–H groups in total. The number of likely N-dealkylation sites (tertiary alicyclic amines) is 1. The minimum absolute atomic E-state index is 0.0791. The van der Waals surface area contributed by atoms with Crippen molar-refractivity contribution in [1.82, 2.24) is 10.2 Å². The minimum atomic E-state index is -0.249. The lowest BCUT2D eigenvalue weighted by Gasteiger charge is -2.37. The van der Waals surface area contributed by atoms with Gasteiger partial charge in [-0.1, -0.05) is 0 Å². The lowest BCUT2D eigenvalue weighted by Crippen LogP contribution is -2.57. The van der Waals surface area contributed by atoms with Crippen molar-refractivity contribution in [1.29, 1.82) is 0 Å². The van der Waals surface area contributed by atoms with Crippen molar-refractivity contribution < 1.29 is 14.3 Å². The Morgan fingerprint density at radius 1 is 1.37 bits per heavy atom. The summed E-state index contributed by atoms with van der Waals surface area (Å²) >= 11 is 0. The molecule has 2 rings (SSSR count). The highest BCUT2D eigenvalue weighted by molar-refractivity contribution is 5.82. The number of nitrogens with two attached hydrogens (primary N) is 1. The minimum Gasteiger partial charge on any atom is -0.375 e. The number of rotatable bonds is 3. The second kappa shape index (κ2) is 6.34. The fraction of sp³-hybridized carbons (Fsp3) is 0.846. The standard InChI is InChI=1S/C13H23N3O3/c1-9-12(15-4-7-19-9)13(18)16-5-2-10(3-6-16)8-11(14)17/h9-10,12,15H,2-8H2,1H3,(H2,14,17)/t9-,12+/m1/s1. The molecule has 0 aromatic heterocycles. The van der Waals surface area contributed by atoms with E-state index in [4.69, 9.17) is 10.5 Å². The Kier molecular flexibility index (Phi) is 4.76. The van der Waals surface area contributed by atoms with Gasteiger partial charge in [0.15, 0.2) is 0 Å². The maximum atomic E-state index is 12.4. The van der Waals surface area contributed by atoms with Crippen LogP contribution in [0.1, 0.15) is 26.2 Å². The zero-order chi connectivity index (χ0) is 13.8. The summed E-state index contributed by atoms with van der Waals surface area (Å²) in [6.45, 7) is 4.72. The summed E-state index contributed by atoms with van der Waals surface area (Å²) in [6.07, 6.45) is 2.07. The number of primary amides is 1. The largest absolute Gasteiger partial charge is 0.375 e. The van der Waals surface area contributed by atoms with E-state index in [0.29, 0.717) is 32.0 Å². The van der Waals surface area contributed by atoms with Crippen LogP contribution in [0, 0.1) is 5.92 Å². The second-order valence-electron chi connectivity index (χ2n) is 5.45. The number of nitrogens with one attached hydrogen (secondary N) is 1. The lowest BCUT2D eigenvalue weighted by atomic mass is 9.92. The predicted octanol–water partition coefficient (Wildman–Crippen LogP) is -0.523. The topological polar surface area (TPSA) is 84.7 Å². The van der Waals surface area contributed by atoms with Gasteiger partial charge < -0.3 is 20.7 Å². The Morgan fingerprint density at radius 2 is 2.05 bits per heavy atom. The van der Waals surface area contributed by atoms with E-state index in [1.165, 1.54) is 0 Å². The molecule has 0 aromatic rings. The van der Waals surface area contributed by atoms with Crippen molar-refractivity contribution in [3.63, 3.8) is 0 Å². The molecule has 2 aliphatic heterocycles. The molecule has 0 aromatic carbocycles. The molecule has 6 heteroatoms. The molecule has 2 amide bonds. The van der Waals surface area contributed by atoms with Gasteiger partial charge in [-0.15, -0.1) is 0 Å². The highest BCUT2D eigenvalue weighted by Gasteiger charge is 2.33. The average molecular weight is 269 g/mol. The molecule has 2 aliphatic rings. The van der Waals surface area contributed by atoms with Gasteiger partial charge in [0.2, 0.25) is 11.8 Å². The summed E-state index contributed by atoms with van der Waals surface area (Å²) in [4.78, 5) is 25.1. The lowest BCUT2D eigenvalue weighted by molar-refractivity contribution is -0.140. The number of amides is 2. The number of hydrogen-bond acceptors (Lipinski definition) is 4. The van der Waals surface area contributed by atoms with E-state index in [1.807, 2.05) is 11.8 Å². The van der Waals surface area contributed by atoms with E-state index in [-0.39, 0.29) is 24.0 Å². The van der Waals surface area contributed by atoms with Gasteiger partial charge in [0.25, 0.3) is 0 Å². The first kappa shape index (κ1) is 14.3. The summed E-state index contributed by atoms with van der Waals surface area (Å²) in [5.41, 5.74) is 5.21. The molecule has 0 aliphatic carbocycles. The Bertz CT molecular complexity index is 340. The average Bonchev–Trinajstić information content (AvgIpc) is 2.39. The van der Waals surface area contributed by atoms with Crippen molar-refractivity contribution in [2.24, 2.45) is 11.7 Å². The number of hydrogen-bond donors (Lipinski definition) is 2. The smallest absolute Gasteiger partial charge is 0.242 e. The van der Waals surface area contributed by atoms with E-state index < -0.39 is 0 Å². The van der Waals surface area contributed by atoms with Gasteiger partial charge in [0, 0.05) is 26.1 Å². The van der Waals surface area contributed by atoms with Crippen LogP contribution in [0.3, 0.4) is 0 Å². The molecule has 0 bridgehead atoms. The van der Waals surface area contributed by atoms with Gasteiger partial charge in [0.1, 0.15) is 6.04 Å². The highest BCUT2D eigenvalue weighted by Crippen LogP contribution is 2.21. The Labute approximate surface area is 113 Å². The molecule has 0 radical (unpaired) electrons. The fourth-order valence-electron chi connectivity index (χ4n) is 2.85. The first-order chi connectivity index (χ1) is 9.08. The molecule has 2 saturated heterocycles. The van der Waals surface area contributed by atoms with Crippen LogP contribution in [-0.2, 0) is 14.3 Å². The predicted molar refractivity (Wildman–Crippen MR) is 70.3 cm³/mol. The van der Waals surface area contributed by atoms with E-state index in [0.717, 1.165) is 19.4 Å². The summed E-state index contributed by atoms with van der Waals surface area (Å²) in [5, 5.41) is 3.22. The van der Waals surface area contributed by atoms with Crippen molar-refractivity contribution >= 4 is 11.8 Å². The van der Waals surface area contributed by atoms with Crippen LogP contribution >= 0.6 is 0 Å². The maximum absolute atomic E-state index is 12.4. The third-order valence-corrected chi connectivity index (χ3v) is 4.00. The third kappa shape index (κ3) is 3.67. The number of ether oxygens (including phenoxy) is 1. The molecule has 2 fully saturated rings. The van der Waals surface area contributed by atoms with E-state index in [2.05, 4.69) is 5.32 Å². The van der Waals surface area contributed by atoms with Gasteiger partial charge >= 0.3 is 0 Å². The number of carbonyl (C=O) groups excluding carboxylic acids is 2. The number of piperidine rings is 1. The van der Waals surface area contributed by atoms with Crippen LogP contribution < -0.4 is 11.1 Å². The Balaban J connectivity index is 1.83. The van der Waals surface area contributed by atoms with Crippen molar-refractivity contribution in [2.45, 2.75) is 38.3 Å². The van der Waals surface area contributed by atoms with Gasteiger partial charge in [-0.3, -0.25) is 9.59 Å². The fourth-order valence-corrected chi connectivity index (χ4v) is 2.85. The normalized spacial score (nSPS) is 29.2. The zero-order valence-electron chi connectivity index (χ0n) is 11.4. The van der Waals surface area contributed by atoms with Gasteiger partial charge in [0.05, 0.1) is 12.7 Å². The molecular formula is C13H23N3O3. The van der Waals surface area contributed by atoms with Gasteiger partial charge in [-0.25, -0.2) is 0 Å². The molecule has 19 heavy (non-hydrogen) atoms. The molecular weight excluding hydrogens is 246 g/mol. The van der Waals surface area contributed by atoms with Gasteiger partial charge in [-0.05, 0) is 25.7 Å². The molecule has 0 unspecified atom stereocenters. The molecule has 108 valence electrons. The Morgan fingerprint density at radius 3 is 2.63 bits per heavy atom. The molecule has 2 heterocycles. The van der Waals surface area contributed by atoms with Gasteiger partial charge in [-0.2, -0.15) is 0 Å². The Hall–Kier alpha value is -1.14. The number of carbonyl (C=O) groups is 2. The van der Waals surface area contributed by atoms with Crippen LogP contribution in [0.5, 0.6) is 0 Å². The maximum Gasteiger partial charge on any atom is 0.242 e. The summed E-state index contributed by atoms with van der Waals surface area (Å²) in [5.74, 6) is 0.194. The van der Waals surface area contributed by atoms with Crippen LogP contribution in [0.2, 0.25) is 0 Å². The third-order valence-electron chi connectivity index (χ3n) is 4.00. The first-order valence-electron chi connectivity index (χ1n) is 7.00. The monoisotopic (exact) mass is 269 g/mol. The first-order valence-corrected chi connectivity index (χ1v) is 7.00. The molecule has 0 spiro atoms. The number of morpholine rings is 1. The summed E-state index contributed by atoms with van der Waals surface area (Å²) in [7, 11) is 0. The van der Waals surface area contributed by atoms with E-state index in [1.54, 1.807) is 0 Å². The van der Waals surface area contributed by atoms with Crippen LogP contribution in [-0.4, -0.2) is 55.1 Å². The number of nitrogens with zero attached hydrogens (tertiary/aromatic N) is 1. The van der Waals surface area contributed by atoms with E-state index >= 15 is 0 Å². The van der Waals surface area contributed by atoms with Crippen LogP contribution in [0.25, 0.3) is 0 Å². The van der Waals surface area contributed by atoms with Crippen molar-refractivity contribution in [3.8, 4) is 0 Å². The summed E-state index contributed by atoms with van der Waals surface area (Å²) < 4.78 is 5.50.